The molecule has 0 amide bonds. The molecule has 0 saturated carbocycles. The van der Waals surface area contributed by atoms with Gasteiger partial charge in [0.05, 0.1) is 37.3 Å². The average Bonchev–Trinajstić information content (AvgIpc) is 3.15. The average molecular weight is 465 g/mol. The van der Waals surface area contributed by atoms with E-state index in [-0.39, 0.29) is 19.3 Å². The molecule has 3 aromatic rings. The molecule has 1 aliphatic heterocycles. The van der Waals surface area contributed by atoms with Crippen LogP contribution in [0.4, 0.5) is 24.8 Å². The van der Waals surface area contributed by atoms with Crippen LogP contribution in [-0.4, -0.2) is 60.9 Å². The number of hydrogen-bond donors (Lipinski definition) is 2. The van der Waals surface area contributed by atoms with Crippen LogP contribution in [0, 0.1) is 6.92 Å². The number of nitrogens with zero attached hydrogens (tertiary/aromatic N) is 7. The molecule has 1 saturated heterocycles. The Morgan fingerprint density at radius 1 is 1.27 bits per heavy atom. The summed E-state index contributed by atoms with van der Waals surface area (Å²) < 4.78 is 46.7. The Morgan fingerprint density at radius 3 is 2.70 bits per heavy atom. The highest BCUT2D eigenvalue weighted by atomic mass is 19.4. The summed E-state index contributed by atoms with van der Waals surface area (Å²) in [4.78, 5) is 22.2. The third-order valence-electron chi connectivity index (χ3n) is 5.00. The monoisotopic (exact) mass is 465 g/mol. The summed E-state index contributed by atoms with van der Waals surface area (Å²) in [5.41, 5.74) is -1.43. The molecule has 1 aliphatic rings. The van der Waals surface area contributed by atoms with Crippen LogP contribution in [0.1, 0.15) is 29.8 Å². The van der Waals surface area contributed by atoms with Gasteiger partial charge in [-0.1, -0.05) is 5.21 Å². The van der Waals surface area contributed by atoms with Crippen molar-refractivity contribution >= 4 is 11.6 Å². The van der Waals surface area contributed by atoms with Gasteiger partial charge in [-0.15, -0.1) is 5.10 Å². The van der Waals surface area contributed by atoms with Crippen molar-refractivity contribution in [1.82, 2.24) is 35.2 Å². The first kappa shape index (κ1) is 22.6. The van der Waals surface area contributed by atoms with Gasteiger partial charge in [-0.05, 0) is 19.4 Å². The molecule has 2 N–H and O–H groups in total. The molecule has 14 heteroatoms. The fourth-order valence-electron chi connectivity index (χ4n) is 3.33. The summed E-state index contributed by atoms with van der Waals surface area (Å²) in [5.74, 6) is 0.672. The fourth-order valence-corrected chi connectivity index (χ4v) is 3.33. The predicted molar refractivity (Wildman–Crippen MR) is 111 cm³/mol. The largest absolute Gasteiger partial charge is 0.423 e. The van der Waals surface area contributed by atoms with Crippen molar-refractivity contribution in [3.8, 4) is 0 Å². The van der Waals surface area contributed by atoms with Gasteiger partial charge < -0.3 is 15.0 Å². The van der Waals surface area contributed by atoms with Gasteiger partial charge in [0, 0.05) is 31.5 Å². The van der Waals surface area contributed by atoms with Crippen LogP contribution in [0.3, 0.4) is 0 Å². The molecular weight excluding hydrogens is 443 g/mol. The van der Waals surface area contributed by atoms with Gasteiger partial charge in [0.2, 0.25) is 5.95 Å². The van der Waals surface area contributed by atoms with E-state index in [0.717, 1.165) is 11.8 Å². The van der Waals surface area contributed by atoms with E-state index >= 15 is 0 Å². The minimum atomic E-state index is -4.80. The number of anilines is 2. The van der Waals surface area contributed by atoms with Crippen LogP contribution in [-0.2, 0) is 17.5 Å². The Labute approximate surface area is 186 Å². The Kier molecular flexibility index (Phi) is 6.26. The quantitative estimate of drug-likeness (QED) is 0.509. The lowest BCUT2D eigenvalue weighted by Crippen LogP contribution is -2.48. The lowest BCUT2D eigenvalue weighted by molar-refractivity contribution is -0.138. The normalized spacial score (nSPS) is 15.4. The van der Waals surface area contributed by atoms with Gasteiger partial charge in [0.25, 0.3) is 5.56 Å². The fraction of sp³-hybridized carbons (Fsp3) is 0.474. The Hall–Kier alpha value is -3.55. The second-order valence-corrected chi connectivity index (χ2v) is 7.86. The molecule has 0 radical (unpaired) electrons. The summed E-state index contributed by atoms with van der Waals surface area (Å²) in [6, 6.07) is -0.374. The minimum absolute atomic E-state index is 0.0823. The molecule has 0 aromatic carbocycles. The third-order valence-corrected chi connectivity index (χ3v) is 5.00. The van der Waals surface area contributed by atoms with E-state index < -0.39 is 29.0 Å². The van der Waals surface area contributed by atoms with Crippen LogP contribution < -0.4 is 15.8 Å². The highest BCUT2D eigenvalue weighted by Crippen LogP contribution is 2.31. The highest BCUT2D eigenvalue weighted by Gasteiger charge is 2.37. The number of aromatic nitrogens is 7. The van der Waals surface area contributed by atoms with Crippen molar-refractivity contribution in [2.24, 2.45) is 0 Å². The SMILES string of the molecule is Cc1cnc(N2CC(n3cc(COCC(C)Nc4cn[nH]c(=O)c4C(F)(F)F)nn3)C2)nc1. The molecule has 1 fully saturated rings. The first-order chi connectivity index (χ1) is 15.7. The van der Waals surface area contributed by atoms with E-state index in [4.69, 9.17) is 4.74 Å². The van der Waals surface area contributed by atoms with Crippen LogP contribution in [0.25, 0.3) is 0 Å². The molecule has 4 rings (SSSR count). The number of alkyl halides is 3. The van der Waals surface area contributed by atoms with Gasteiger partial charge >= 0.3 is 6.18 Å². The van der Waals surface area contributed by atoms with E-state index in [1.807, 2.05) is 11.8 Å². The Morgan fingerprint density at radius 2 is 2.00 bits per heavy atom. The molecule has 1 atom stereocenters. The van der Waals surface area contributed by atoms with E-state index in [0.29, 0.717) is 24.7 Å². The predicted octanol–water partition coefficient (Wildman–Crippen LogP) is 1.56. The summed E-state index contributed by atoms with van der Waals surface area (Å²) in [5, 5.41) is 16.1. The van der Waals surface area contributed by atoms with E-state index in [1.54, 1.807) is 35.3 Å². The number of halogens is 3. The summed E-state index contributed by atoms with van der Waals surface area (Å²) >= 11 is 0. The standard InChI is InChI=1S/C19H22F3N9O2/c1-11-3-23-18(24-4-11)30-7-14(8-30)31-6-13(27-29-31)10-33-9-12(2)26-15-5-25-28-17(32)16(15)19(20,21)22/h3-6,12,14H,7-10H2,1-2H3,(H2,26,28,32). The molecule has 1 unspecified atom stereocenters. The number of aromatic amines is 1. The van der Waals surface area contributed by atoms with Crippen molar-refractivity contribution in [3.05, 3.63) is 52.0 Å². The molecule has 3 aromatic heterocycles. The number of H-pyrrole nitrogens is 1. The number of aryl methyl sites for hydroxylation is 1. The van der Waals surface area contributed by atoms with Crippen LogP contribution >= 0.6 is 0 Å². The summed E-state index contributed by atoms with van der Waals surface area (Å²) in [6.45, 7) is 5.20. The van der Waals surface area contributed by atoms with Crippen molar-refractivity contribution in [1.29, 1.82) is 0 Å². The van der Waals surface area contributed by atoms with Crippen molar-refractivity contribution < 1.29 is 17.9 Å². The van der Waals surface area contributed by atoms with Crippen molar-refractivity contribution in [2.45, 2.75) is 38.7 Å². The maximum absolute atomic E-state index is 13.1. The first-order valence-corrected chi connectivity index (χ1v) is 10.1. The summed E-state index contributed by atoms with van der Waals surface area (Å²) in [6.07, 6.45) is 1.44. The van der Waals surface area contributed by atoms with Crippen molar-refractivity contribution in [3.63, 3.8) is 0 Å². The molecule has 0 spiro atoms. The van der Waals surface area contributed by atoms with E-state index in [1.165, 1.54) is 0 Å². The zero-order valence-electron chi connectivity index (χ0n) is 17.9. The maximum Gasteiger partial charge on any atom is 0.423 e. The smallest absolute Gasteiger partial charge is 0.378 e. The Bertz CT molecular complexity index is 1140. The third kappa shape index (κ3) is 5.27. The highest BCUT2D eigenvalue weighted by molar-refractivity contribution is 5.50. The second-order valence-electron chi connectivity index (χ2n) is 7.86. The maximum atomic E-state index is 13.1. The van der Waals surface area contributed by atoms with Gasteiger partial charge in [-0.2, -0.15) is 18.3 Å². The molecule has 176 valence electrons. The molecule has 4 heterocycles. The molecular formula is C19H22F3N9O2. The number of rotatable bonds is 8. The molecule has 0 aliphatic carbocycles. The van der Waals surface area contributed by atoms with Gasteiger partial charge in [0.15, 0.2) is 0 Å². The van der Waals surface area contributed by atoms with Crippen LogP contribution in [0.2, 0.25) is 0 Å². The van der Waals surface area contributed by atoms with Crippen molar-refractivity contribution in [2.75, 3.05) is 29.9 Å². The van der Waals surface area contributed by atoms with E-state index in [2.05, 4.69) is 30.7 Å². The molecule has 33 heavy (non-hydrogen) atoms. The van der Waals surface area contributed by atoms with Gasteiger partial charge in [-0.25, -0.2) is 19.7 Å². The number of ether oxygens (including phenoxy) is 1. The van der Waals surface area contributed by atoms with Crippen LogP contribution in [0.5, 0.6) is 0 Å². The van der Waals surface area contributed by atoms with Gasteiger partial charge in [0.1, 0.15) is 11.3 Å². The second kappa shape index (κ2) is 9.13. The number of nitrogens with one attached hydrogen (secondary N) is 2. The summed E-state index contributed by atoms with van der Waals surface area (Å²) in [7, 11) is 0. The minimum Gasteiger partial charge on any atom is -0.378 e. The first-order valence-electron chi connectivity index (χ1n) is 10.1. The Balaban J connectivity index is 1.25. The van der Waals surface area contributed by atoms with Gasteiger partial charge in [-0.3, -0.25) is 4.79 Å². The van der Waals surface area contributed by atoms with Crippen LogP contribution in [0.15, 0.2) is 29.6 Å². The topological polar surface area (TPSA) is 127 Å². The lowest BCUT2D eigenvalue weighted by Gasteiger charge is -2.38. The lowest BCUT2D eigenvalue weighted by atomic mass is 10.1. The van der Waals surface area contributed by atoms with E-state index in [9.17, 15) is 18.0 Å². The molecule has 0 bridgehead atoms. The zero-order chi connectivity index (χ0) is 23.6. The molecule has 11 nitrogen and oxygen atoms in total. The number of hydrogen-bond acceptors (Lipinski definition) is 9. The zero-order valence-corrected chi connectivity index (χ0v) is 17.9.